The molecule has 1 aliphatic carbocycles. The largest absolute Gasteiger partial charge is 0.384 e. The van der Waals surface area contributed by atoms with Crippen LogP contribution in [0.3, 0.4) is 0 Å². The summed E-state index contributed by atoms with van der Waals surface area (Å²) in [5.74, 6) is -0.542. The van der Waals surface area contributed by atoms with Crippen molar-refractivity contribution >= 4 is 29.2 Å². The minimum Gasteiger partial charge on any atom is -0.384 e. The fourth-order valence-corrected chi connectivity index (χ4v) is 6.02. The second kappa shape index (κ2) is 11.0. The van der Waals surface area contributed by atoms with Crippen molar-refractivity contribution in [1.29, 1.82) is 0 Å². The van der Waals surface area contributed by atoms with E-state index in [1.807, 2.05) is 30.9 Å². The van der Waals surface area contributed by atoms with Gasteiger partial charge >= 0.3 is 0 Å². The number of benzene rings is 2. The van der Waals surface area contributed by atoms with E-state index in [2.05, 4.69) is 5.32 Å². The molecule has 6 nitrogen and oxygen atoms in total. The van der Waals surface area contributed by atoms with Gasteiger partial charge in [0.1, 0.15) is 0 Å². The molecule has 37 heavy (non-hydrogen) atoms. The minimum atomic E-state index is -1.07. The number of piperidine rings is 1. The molecule has 0 unspecified atom stereocenters. The number of carbonyl (C=O) groups excluding carboxylic acids is 3. The van der Waals surface area contributed by atoms with E-state index in [1.165, 1.54) is 0 Å². The third-order valence-corrected chi connectivity index (χ3v) is 8.50. The first-order valence-corrected chi connectivity index (χ1v) is 13.6. The Balaban J connectivity index is 1.47. The number of halogens is 1. The molecule has 0 radical (unpaired) electrons. The summed E-state index contributed by atoms with van der Waals surface area (Å²) in [5, 5.41) is 15.4. The first-order valence-electron chi connectivity index (χ1n) is 13.3. The molecule has 1 heterocycles. The fraction of sp³-hybridized carbons (Fsp3) is 0.500. The SMILES string of the molecule is CCC(=O)c1cccc(C(=O)N[C@@H]2CCCC[C@@H]2C(=O)N2CC[C@](O)(c3ccc(Cl)cc3)C(C)(C)C2)c1. The fourth-order valence-electron chi connectivity index (χ4n) is 5.89. The lowest BCUT2D eigenvalue weighted by Crippen LogP contribution is -2.59. The van der Waals surface area contributed by atoms with Gasteiger partial charge in [0.05, 0.1) is 11.5 Å². The predicted octanol–water partition coefficient (Wildman–Crippen LogP) is 5.37. The van der Waals surface area contributed by atoms with Crippen molar-refractivity contribution in [2.24, 2.45) is 11.3 Å². The van der Waals surface area contributed by atoms with Gasteiger partial charge in [-0.1, -0.05) is 69.5 Å². The Hall–Kier alpha value is -2.70. The topological polar surface area (TPSA) is 86.7 Å². The Morgan fingerprint density at radius 1 is 1.05 bits per heavy atom. The van der Waals surface area contributed by atoms with Gasteiger partial charge in [0, 0.05) is 47.1 Å². The molecule has 2 aromatic rings. The zero-order valence-corrected chi connectivity index (χ0v) is 22.7. The normalized spacial score (nSPS) is 25.4. The highest BCUT2D eigenvalue weighted by Crippen LogP contribution is 2.46. The van der Waals surface area contributed by atoms with E-state index in [1.54, 1.807) is 43.3 Å². The van der Waals surface area contributed by atoms with Gasteiger partial charge in [-0.15, -0.1) is 0 Å². The number of nitrogens with one attached hydrogen (secondary N) is 1. The molecule has 0 bridgehead atoms. The third-order valence-electron chi connectivity index (χ3n) is 8.25. The predicted molar refractivity (Wildman–Crippen MR) is 145 cm³/mol. The Morgan fingerprint density at radius 3 is 2.41 bits per heavy atom. The zero-order chi connectivity index (χ0) is 26.8. The summed E-state index contributed by atoms with van der Waals surface area (Å²) in [7, 11) is 0. The Morgan fingerprint density at radius 2 is 1.73 bits per heavy atom. The van der Waals surface area contributed by atoms with Gasteiger partial charge in [-0.2, -0.15) is 0 Å². The van der Waals surface area contributed by atoms with Crippen LogP contribution >= 0.6 is 11.6 Å². The van der Waals surface area contributed by atoms with Crippen molar-refractivity contribution in [3.63, 3.8) is 0 Å². The van der Waals surface area contributed by atoms with Gasteiger partial charge in [-0.25, -0.2) is 0 Å². The number of carbonyl (C=O) groups is 3. The first-order chi connectivity index (χ1) is 17.6. The van der Waals surface area contributed by atoms with Crippen LogP contribution in [0.15, 0.2) is 48.5 Å². The second-order valence-corrected chi connectivity index (χ2v) is 11.5. The molecule has 7 heteroatoms. The Kier molecular flexibility index (Phi) is 8.10. The summed E-state index contributed by atoms with van der Waals surface area (Å²) in [6, 6.07) is 13.8. The summed E-state index contributed by atoms with van der Waals surface area (Å²) in [6.07, 6.45) is 4.15. The number of ketones is 1. The highest BCUT2D eigenvalue weighted by Gasteiger charge is 2.50. The summed E-state index contributed by atoms with van der Waals surface area (Å²) in [5.41, 5.74) is 0.114. The van der Waals surface area contributed by atoms with E-state index >= 15 is 0 Å². The van der Waals surface area contributed by atoms with Gasteiger partial charge < -0.3 is 15.3 Å². The maximum absolute atomic E-state index is 13.8. The van der Waals surface area contributed by atoms with Crippen LogP contribution in [-0.2, 0) is 10.4 Å². The average molecular weight is 525 g/mol. The summed E-state index contributed by atoms with van der Waals surface area (Å²) < 4.78 is 0. The monoisotopic (exact) mass is 524 g/mol. The van der Waals surface area contributed by atoms with Crippen LogP contribution in [0.4, 0.5) is 0 Å². The molecule has 198 valence electrons. The van der Waals surface area contributed by atoms with Crippen LogP contribution in [0, 0.1) is 11.3 Å². The van der Waals surface area contributed by atoms with Crippen molar-refractivity contribution in [3.8, 4) is 0 Å². The maximum atomic E-state index is 13.8. The first kappa shape index (κ1) is 27.3. The van der Waals surface area contributed by atoms with E-state index in [9.17, 15) is 19.5 Å². The second-order valence-electron chi connectivity index (χ2n) is 11.1. The number of likely N-dealkylation sites (tertiary alicyclic amines) is 1. The van der Waals surface area contributed by atoms with E-state index in [0.717, 1.165) is 31.2 Å². The van der Waals surface area contributed by atoms with E-state index < -0.39 is 11.0 Å². The van der Waals surface area contributed by atoms with Crippen LogP contribution in [0.1, 0.15) is 85.6 Å². The lowest BCUT2D eigenvalue weighted by atomic mass is 9.66. The molecule has 2 aliphatic rings. The quantitative estimate of drug-likeness (QED) is 0.497. The van der Waals surface area contributed by atoms with Crippen molar-refractivity contribution in [2.75, 3.05) is 13.1 Å². The van der Waals surface area contributed by atoms with Crippen LogP contribution in [-0.4, -0.2) is 46.7 Å². The molecular weight excluding hydrogens is 488 g/mol. The standard InChI is InChI=1S/C30H37ClN2O4/c1-4-26(34)20-8-7-9-21(18-20)27(35)32-25-11-6-5-10-24(25)28(36)33-17-16-30(37,29(2,3)19-33)22-12-14-23(31)15-13-22/h7-9,12-15,18,24-25,37H,4-6,10-11,16-17,19H2,1-3H3,(H,32,35)/t24-,25+,30-/m0/s1. The highest BCUT2D eigenvalue weighted by molar-refractivity contribution is 6.30. The van der Waals surface area contributed by atoms with E-state index in [-0.39, 0.29) is 29.6 Å². The molecule has 1 saturated carbocycles. The molecule has 3 atom stereocenters. The maximum Gasteiger partial charge on any atom is 0.251 e. The van der Waals surface area contributed by atoms with Gasteiger partial charge in [0.2, 0.25) is 5.91 Å². The van der Waals surface area contributed by atoms with Gasteiger partial charge in [-0.3, -0.25) is 14.4 Å². The minimum absolute atomic E-state index is 0.00774. The van der Waals surface area contributed by atoms with Gasteiger partial charge in [-0.05, 0) is 49.1 Å². The van der Waals surface area contributed by atoms with Gasteiger partial charge in [0.15, 0.2) is 5.78 Å². The average Bonchev–Trinajstić information content (AvgIpc) is 2.90. The number of amides is 2. The number of aliphatic hydroxyl groups is 1. The number of nitrogens with zero attached hydrogens (tertiary/aromatic N) is 1. The molecule has 2 fully saturated rings. The number of Topliss-reactive ketones (excluding diaryl/α,β-unsaturated/α-hetero) is 1. The summed E-state index contributed by atoms with van der Waals surface area (Å²) >= 11 is 6.06. The number of hydrogen-bond acceptors (Lipinski definition) is 4. The molecular formula is C30H37ClN2O4. The smallest absolute Gasteiger partial charge is 0.251 e. The van der Waals surface area contributed by atoms with Crippen LogP contribution in [0.2, 0.25) is 5.02 Å². The molecule has 1 saturated heterocycles. The lowest BCUT2D eigenvalue weighted by Gasteiger charge is -2.51. The Labute approximate surface area is 224 Å². The molecule has 0 aromatic heterocycles. The molecule has 2 amide bonds. The van der Waals surface area contributed by atoms with Gasteiger partial charge in [0.25, 0.3) is 5.91 Å². The molecule has 0 spiro atoms. The van der Waals surface area contributed by atoms with Crippen molar-refractivity contribution in [3.05, 3.63) is 70.2 Å². The van der Waals surface area contributed by atoms with E-state index in [0.29, 0.717) is 42.1 Å². The zero-order valence-electron chi connectivity index (χ0n) is 21.9. The lowest BCUT2D eigenvalue weighted by molar-refractivity contribution is -0.158. The van der Waals surface area contributed by atoms with E-state index in [4.69, 9.17) is 11.6 Å². The highest BCUT2D eigenvalue weighted by atomic mass is 35.5. The van der Waals surface area contributed by atoms with Crippen LogP contribution < -0.4 is 5.32 Å². The van der Waals surface area contributed by atoms with Crippen LogP contribution in [0.5, 0.6) is 0 Å². The molecule has 2 N–H and O–H groups in total. The Bertz CT molecular complexity index is 1160. The van der Waals surface area contributed by atoms with Crippen molar-refractivity contribution < 1.29 is 19.5 Å². The van der Waals surface area contributed by atoms with Crippen molar-refractivity contribution in [2.45, 2.75) is 70.9 Å². The van der Waals surface area contributed by atoms with Crippen molar-refractivity contribution in [1.82, 2.24) is 10.2 Å². The molecule has 4 rings (SSSR count). The number of hydrogen-bond donors (Lipinski definition) is 2. The third kappa shape index (κ3) is 5.60. The summed E-state index contributed by atoms with van der Waals surface area (Å²) in [6.45, 7) is 6.64. The van der Waals surface area contributed by atoms with Crippen LogP contribution in [0.25, 0.3) is 0 Å². The molecule has 2 aromatic carbocycles. The summed E-state index contributed by atoms with van der Waals surface area (Å²) in [4.78, 5) is 40.8. The number of rotatable bonds is 6. The molecule has 1 aliphatic heterocycles.